The van der Waals surface area contributed by atoms with Gasteiger partial charge < -0.3 is 4.98 Å². The average molecular weight is 175 g/mol. The summed E-state index contributed by atoms with van der Waals surface area (Å²) in [6, 6.07) is 4.01. The summed E-state index contributed by atoms with van der Waals surface area (Å²) in [7, 11) is 0. The SMILES string of the molecule is c1nc2c(ccc3ncsc32)[nH]1. The quantitative estimate of drug-likeness (QED) is 0.569. The van der Waals surface area contributed by atoms with Crippen molar-refractivity contribution in [2.24, 2.45) is 0 Å². The lowest BCUT2D eigenvalue weighted by molar-refractivity contribution is 1.35. The minimum absolute atomic E-state index is 1.02. The molecule has 2 heterocycles. The van der Waals surface area contributed by atoms with Gasteiger partial charge in [0.25, 0.3) is 0 Å². The van der Waals surface area contributed by atoms with E-state index in [1.54, 1.807) is 17.7 Å². The highest BCUT2D eigenvalue weighted by Gasteiger charge is 2.03. The number of benzene rings is 1. The van der Waals surface area contributed by atoms with Crippen LogP contribution in [0, 0.1) is 0 Å². The number of thiazole rings is 1. The standard InChI is InChI=1S/C8H5N3S/c1-2-6-8(12-4-11-6)7-5(1)9-3-10-7/h1-4H,(H,9,10). The Morgan fingerprint density at radius 2 is 2.25 bits per heavy atom. The van der Waals surface area contributed by atoms with Gasteiger partial charge in [-0.1, -0.05) is 0 Å². The van der Waals surface area contributed by atoms with Gasteiger partial charge in [-0.15, -0.1) is 11.3 Å². The lowest BCUT2D eigenvalue weighted by atomic mass is 10.3. The molecule has 0 fully saturated rings. The Labute approximate surface area is 72.1 Å². The maximum atomic E-state index is 4.23. The first-order valence-electron chi connectivity index (χ1n) is 3.60. The summed E-state index contributed by atoms with van der Waals surface area (Å²) >= 11 is 1.63. The van der Waals surface area contributed by atoms with Crippen LogP contribution in [-0.2, 0) is 0 Å². The Morgan fingerprint density at radius 3 is 3.25 bits per heavy atom. The van der Waals surface area contributed by atoms with Crippen molar-refractivity contribution in [1.29, 1.82) is 0 Å². The van der Waals surface area contributed by atoms with Crippen molar-refractivity contribution < 1.29 is 0 Å². The molecular weight excluding hydrogens is 170 g/mol. The second-order valence-corrected chi connectivity index (χ2v) is 3.42. The maximum Gasteiger partial charge on any atom is 0.108 e. The molecule has 12 heavy (non-hydrogen) atoms. The number of nitrogens with one attached hydrogen (secondary N) is 1. The number of imidazole rings is 1. The zero-order valence-corrected chi connectivity index (χ0v) is 6.93. The van der Waals surface area contributed by atoms with Crippen molar-refractivity contribution in [3.05, 3.63) is 24.0 Å². The van der Waals surface area contributed by atoms with E-state index in [0.717, 1.165) is 21.3 Å². The first kappa shape index (κ1) is 6.14. The number of rotatable bonds is 0. The van der Waals surface area contributed by atoms with E-state index in [1.807, 2.05) is 17.6 Å². The number of H-pyrrole nitrogens is 1. The highest BCUT2D eigenvalue weighted by molar-refractivity contribution is 7.17. The molecule has 0 radical (unpaired) electrons. The second-order valence-electron chi connectivity index (χ2n) is 2.56. The molecule has 0 unspecified atom stereocenters. The van der Waals surface area contributed by atoms with Crippen LogP contribution in [0.1, 0.15) is 0 Å². The largest absolute Gasteiger partial charge is 0.345 e. The van der Waals surface area contributed by atoms with Gasteiger partial charge in [0.15, 0.2) is 0 Å². The molecule has 3 aromatic rings. The van der Waals surface area contributed by atoms with Gasteiger partial charge in [-0.05, 0) is 12.1 Å². The van der Waals surface area contributed by atoms with E-state index in [9.17, 15) is 0 Å². The Balaban J connectivity index is 2.71. The van der Waals surface area contributed by atoms with E-state index in [0.29, 0.717) is 0 Å². The summed E-state index contributed by atoms with van der Waals surface area (Å²) in [5.74, 6) is 0. The van der Waals surface area contributed by atoms with Gasteiger partial charge in [-0.25, -0.2) is 9.97 Å². The zero-order valence-electron chi connectivity index (χ0n) is 6.11. The monoisotopic (exact) mass is 175 g/mol. The lowest BCUT2D eigenvalue weighted by Gasteiger charge is -1.87. The van der Waals surface area contributed by atoms with Crippen molar-refractivity contribution >= 4 is 32.6 Å². The zero-order chi connectivity index (χ0) is 7.97. The molecule has 0 spiro atoms. The summed E-state index contributed by atoms with van der Waals surface area (Å²) in [5.41, 5.74) is 4.97. The summed E-state index contributed by atoms with van der Waals surface area (Å²) in [4.78, 5) is 11.5. The van der Waals surface area contributed by atoms with Crippen molar-refractivity contribution in [2.45, 2.75) is 0 Å². The van der Waals surface area contributed by atoms with Crippen LogP contribution in [0.2, 0.25) is 0 Å². The van der Waals surface area contributed by atoms with Crippen LogP contribution in [0.25, 0.3) is 21.3 Å². The number of nitrogens with zero attached hydrogens (tertiary/aromatic N) is 2. The van der Waals surface area contributed by atoms with Crippen LogP contribution in [0.3, 0.4) is 0 Å². The van der Waals surface area contributed by atoms with E-state index < -0.39 is 0 Å². The third-order valence-electron chi connectivity index (χ3n) is 1.89. The first-order chi connectivity index (χ1) is 5.95. The molecule has 0 aliphatic carbocycles. The molecular formula is C8H5N3S. The normalized spacial score (nSPS) is 11.3. The second kappa shape index (κ2) is 2.04. The molecule has 0 atom stereocenters. The predicted octanol–water partition coefficient (Wildman–Crippen LogP) is 2.17. The Morgan fingerprint density at radius 1 is 1.25 bits per heavy atom. The molecule has 1 aromatic carbocycles. The number of hydrogen-bond acceptors (Lipinski definition) is 3. The highest BCUT2D eigenvalue weighted by atomic mass is 32.1. The number of fused-ring (bicyclic) bond motifs is 3. The minimum atomic E-state index is 1.02. The number of hydrogen-bond donors (Lipinski definition) is 1. The van der Waals surface area contributed by atoms with Crippen molar-refractivity contribution in [2.75, 3.05) is 0 Å². The van der Waals surface area contributed by atoms with E-state index in [4.69, 9.17) is 0 Å². The third-order valence-corrected chi connectivity index (χ3v) is 2.74. The topological polar surface area (TPSA) is 41.6 Å². The van der Waals surface area contributed by atoms with E-state index in [1.165, 1.54) is 0 Å². The van der Waals surface area contributed by atoms with Crippen molar-refractivity contribution in [3.8, 4) is 0 Å². The van der Waals surface area contributed by atoms with Gasteiger partial charge in [0.05, 0.1) is 27.6 Å². The van der Waals surface area contributed by atoms with E-state index in [2.05, 4.69) is 15.0 Å². The summed E-state index contributed by atoms with van der Waals surface area (Å²) in [6.45, 7) is 0. The van der Waals surface area contributed by atoms with Crippen LogP contribution in [0.4, 0.5) is 0 Å². The van der Waals surface area contributed by atoms with Gasteiger partial charge in [0.1, 0.15) is 5.52 Å². The molecule has 0 saturated heterocycles. The smallest absolute Gasteiger partial charge is 0.108 e. The first-order valence-corrected chi connectivity index (χ1v) is 4.48. The summed E-state index contributed by atoms with van der Waals surface area (Å²) in [6.07, 6.45) is 1.71. The fourth-order valence-corrected chi connectivity index (χ4v) is 2.11. The summed E-state index contributed by atoms with van der Waals surface area (Å²) in [5, 5.41) is 0. The molecule has 0 aliphatic rings. The van der Waals surface area contributed by atoms with E-state index >= 15 is 0 Å². The van der Waals surface area contributed by atoms with E-state index in [-0.39, 0.29) is 0 Å². The highest BCUT2D eigenvalue weighted by Crippen LogP contribution is 2.24. The predicted molar refractivity (Wildman–Crippen MR) is 49.3 cm³/mol. The van der Waals surface area contributed by atoms with Crippen LogP contribution >= 0.6 is 11.3 Å². The number of aromatic amines is 1. The Bertz CT molecular complexity index is 487. The number of aromatic nitrogens is 3. The van der Waals surface area contributed by atoms with Gasteiger partial charge in [-0.2, -0.15) is 0 Å². The Hall–Kier alpha value is -1.42. The molecule has 0 bridgehead atoms. The lowest BCUT2D eigenvalue weighted by Crippen LogP contribution is -1.70. The molecule has 2 aromatic heterocycles. The van der Waals surface area contributed by atoms with Crippen LogP contribution < -0.4 is 0 Å². The molecule has 3 nitrogen and oxygen atoms in total. The molecule has 58 valence electrons. The maximum absolute atomic E-state index is 4.23. The van der Waals surface area contributed by atoms with Gasteiger partial charge in [-0.3, -0.25) is 0 Å². The molecule has 0 amide bonds. The Kier molecular flexibility index (Phi) is 1.04. The summed E-state index contributed by atoms with van der Waals surface area (Å²) < 4.78 is 1.16. The van der Waals surface area contributed by atoms with Crippen LogP contribution in [0.5, 0.6) is 0 Å². The minimum Gasteiger partial charge on any atom is -0.345 e. The average Bonchev–Trinajstić information content (AvgIpc) is 2.71. The van der Waals surface area contributed by atoms with Gasteiger partial charge in [0.2, 0.25) is 0 Å². The molecule has 3 rings (SSSR count). The fourth-order valence-electron chi connectivity index (χ4n) is 1.33. The van der Waals surface area contributed by atoms with Crippen molar-refractivity contribution in [3.63, 3.8) is 0 Å². The molecule has 4 heteroatoms. The van der Waals surface area contributed by atoms with Crippen LogP contribution in [0.15, 0.2) is 24.0 Å². The molecule has 0 saturated carbocycles. The van der Waals surface area contributed by atoms with Crippen molar-refractivity contribution in [1.82, 2.24) is 15.0 Å². The third kappa shape index (κ3) is 0.648. The molecule has 0 aliphatic heterocycles. The fraction of sp³-hybridized carbons (Fsp3) is 0. The molecule has 1 N–H and O–H groups in total. The van der Waals surface area contributed by atoms with Gasteiger partial charge >= 0.3 is 0 Å². The van der Waals surface area contributed by atoms with Crippen LogP contribution in [-0.4, -0.2) is 15.0 Å². The van der Waals surface area contributed by atoms with Gasteiger partial charge in [0, 0.05) is 0 Å².